The number of benzene rings is 2. The molecule has 0 aliphatic carbocycles. The largest absolute Gasteiger partial charge is 0.457 e. The lowest BCUT2D eigenvalue weighted by Crippen LogP contribution is -2.16. The fourth-order valence-corrected chi connectivity index (χ4v) is 2.97. The molecule has 0 unspecified atom stereocenters. The number of aryl methyl sites for hydroxylation is 3. The molecule has 0 N–H and O–H groups in total. The lowest BCUT2D eigenvalue weighted by molar-refractivity contribution is 0.466. The standard InChI is InChI=1S/C23H32O/c1-15-10-16(2)21(17(3)11-15)24-20-13-18(22(4,5)6)12-19(14-20)23(7,8)9/h10-14H,1-9H3. The molecular weight excluding hydrogens is 292 g/mol. The molecule has 130 valence electrons. The second kappa shape index (κ2) is 6.27. The highest BCUT2D eigenvalue weighted by Crippen LogP contribution is 2.36. The van der Waals surface area contributed by atoms with Crippen LogP contribution in [-0.4, -0.2) is 0 Å². The third-order valence-corrected chi connectivity index (χ3v) is 4.46. The molecule has 24 heavy (non-hydrogen) atoms. The third kappa shape index (κ3) is 4.20. The van der Waals surface area contributed by atoms with Crippen molar-refractivity contribution in [2.45, 2.75) is 73.1 Å². The van der Waals surface area contributed by atoms with Gasteiger partial charge in [0, 0.05) is 0 Å². The maximum Gasteiger partial charge on any atom is 0.133 e. The Labute approximate surface area is 148 Å². The van der Waals surface area contributed by atoms with Crippen molar-refractivity contribution in [3.8, 4) is 11.5 Å². The first-order valence-electron chi connectivity index (χ1n) is 8.79. The van der Waals surface area contributed by atoms with E-state index in [0.717, 1.165) is 11.5 Å². The van der Waals surface area contributed by atoms with Gasteiger partial charge in [0.2, 0.25) is 0 Å². The van der Waals surface area contributed by atoms with E-state index in [1.54, 1.807) is 0 Å². The smallest absolute Gasteiger partial charge is 0.133 e. The molecule has 0 atom stereocenters. The van der Waals surface area contributed by atoms with E-state index in [4.69, 9.17) is 4.74 Å². The van der Waals surface area contributed by atoms with E-state index in [9.17, 15) is 0 Å². The van der Waals surface area contributed by atoms with Gasteiger partial charge in [-0.05, 0) is 66.0 Å². The van der Waals surface area contributed by atoms with Crippen LogP contribution in [0.15, 0.2) is 30.3 Å². The third-order valence-electron chi connectivity index (χ3n) is 4.46. The van der Waals surface area contributed by atoms with Crippen molar-refractivity contribution < 1.29 is 4.74 Å². The normalized spacial score (nSPS) is 12.4. The zero-order valence-electron chi connectivity index (χ0n) is 16.8. The molecule has 0 saturated heterocycles. The summed E-state index contributed by atoms with van der Waals surface area (Å²) < 4.78 is 6.37. The van der Waals surface area contributed by atoms with Gasteiger partial charge in [-0.3, -0.25) is 0 Å². The minimum absolute atomic E-state index is 0.0940. The minimum Gasteiger partial charge on any atom is -0.457 e. The van der Waals surface area contributed by atoms with Crippen LogP contribution in [0.25, 0.3) is 0 Å². The first-order chi connectivity index (χ1) is 10.9. The second-order valence-corrected chi connectivity index (χ2v) is 9.08. The Balaban J connectivity index is 2.55. The van der Waals surface area contributed by atoms with Crippen LogP contribution in [0.1, 0.15) is 69.4 Å². The highest BCUT2D eigenvalue weighted by molar-refractivity contribution is 5.48. The molecule has 0 aliphatic heterocycles. The summed E-state index contributed by atoms with van der Waals surface area (Å²) in [5, 5.41) is 0. The average Bonchev–Trinajstić information content (AvgIpc) is 2.40. The molecule has 0 fully saturated rings. The molecular formula is C23H32O. The molecule has 1 heteroatoms. The van der Waals surface area contributed by atoms with Gasteiger partial charge < -0.3 is 4.74 Å². The number of hydrogen-bond acceptors (Lipinski definition) is 1. The molecule has 2 aromatic carbocycles. The lowest BCUT2D eigenvalue weighted by atomic mass is 9.80. The van der Waals surface area contributed by atoms with Gasteiger partial charge >= 0.3 is 0 Å². The number of hydrogen-bond donors (Lipinski definition) is 0. The molecule has 2 aromatic rings. The highest BCUT2D eigenvalue weighted by atomic mass is 16.5. The Kier molecular flexibility index (Phi) is 4.86. The molecule has 1 nitrogen and oxygen atoms in total. The summed E-state index contributed by atoms with van der Waals surface area (Å²) in [6.45, 7) is 19.9. The lowest BCUT2D eigenvalue weighted by Gasteiger charge is -2.26. The van der Waals surface area contributed by atoms with Crippen LogP contribution in [0.5, 0.6) is 11.5 Å². The van der Waals surface area contributed by atoms with E-state index in [0.29, 0.717) is 0 Å². The molecule has 0 amide bonds. The Morgan fingerprint density at radius 3 is 1.42 bits per heavy atom. The fraction of sp³-hybridized carbons (Fsp3) is 0.478. The first-order valence-corrected chi connectivity index (χ1v) is 8.79. The number of ether oxygens (including phenoxy) is 1. The summed E-state index contributed by atoms with van der Waals surface area (Å²) in [7, 11) is 0. The van der Waals surface area contributed by atoms with E-state index in [-0.39, 0.29) is 10.8 Å². The summed E-state index contributed by atoms with van der Waals surface area (Å²) in [5.74, 6) is 1.91. The van der Waals surface area contributed by atoms with Crippen molar-refractivity contribution in [1.29, 1.82) is 0 Å². The van der Waals surface area contributed by atoms with Gasteiger partial charge in [0.05, 0.1) is 0 Å². The minimum atomic E-state index is 0.0940. The fourth-order valence-electron chi connectivity index (χ4n) is 2.97. The van der Waals surface area contributed by atoms with E-state index in [1.165, 1.54) is 27.8 Å². The van der Waals surface area contributed by atoms with Gasteiger partial charge in [0.25, 0.3) is 0 Å². The molecule has 0 aliphatic rings. The zero-order valence-corrected chi connectivity index (χ0v) is 16.8. The zero-order chi connectivity index (χ0) is 18.3. The van der Waals surface area contributed by atoms with Crippen LogP contribution < -0.4 is 4.74 Å². The monoisotopic (exact) mass is 324 g/mol. The van der Waals surface area contributed by atoms with Crippen molar-refractivity contribution in [2.24, 2.45) is 0 Å². The van der Waals surface area contributed by atoms with E-state index in [2.05, 4.69) is 92.6 Å². The van der Waals surface area contributed by atoms with Crippen molar-refractivity contribution in [1.82, 2.24) is 0 Å². The Morgan fingerprint density at radius 1 is 0.625 bits per heavy atom. The van der Waals surface area contributed by atoms with Crippen LogP contribution in [0.3, 0.4) is 0 Å². The Bertz CT molecular complexity index is 684. The van der Waals surface area contributed by atoms with Crippen LogP contribution >= 0.6 is 0 Å². The van der Waals surface area contributed by atoms with Crippen molar-refractivity contribution in [3.63, 3.8) is 0 Å². The van der Waals surface area contributed by atoms with Gasteiger partial charge in [-0.15, -0.1) is 0 Å². The van der Waals surface area contributed by atoms with E-state index >= 15 is 0 Å². The van der Waals surface area contributed by atoms with Crippen LogP contribution in [0.4, 0.5) is 0 Å². The summed E-state index contributed by atoms with van der Waals surface area (Å²) in [6, 6.07) is 11.1. The Hall–Kier alpha value is -1.76. The van der Waals surface area contributed by atoms with Gasteiger partial charge in [-0.2, -0.15) is 0 Å². The van der Waals surface area contributed by atoms with Crippen molar-refractivity contribution >= 4 is 0 Å². The van der Waals surface area contributed by atoms with Crippen molar-refractivity contribution in [2.75, 3.05) is 0 Å². The molecule has 0 spiro atoms. The van der Waals surface area contributed by atoms with Crippen LogP contribution in [-0.2, 0) is 10.8 Å². The maximum atomic E-state index is 6.37. The SMILES string of the molecule is Cc1cc(C)c(Oc2cc(C(C)(C)C)cc(C(C)(C)C)c2)c(C)c1. The van der Waals surface area contributed by atoms with Crippen LogP contribution in [0.2, 0.25) is 0 Å². The summed E-state index contributed by atoms with van der Waals surface area (Å²) in [6.07, 6.45) is 0. The van der Waals surface area contributed by atoms with Gasteiger partial charge in [0.1, 0.15) is 11.5 Å². The van der Waals surface area contributed by atoms with E-state index < -0.39 is 0 Å². The summed E-state index contributed by atoms with van der Waals surface area (Å²) >= 11 is 0. The summed E-state index contributed by atoms with van der Waals surface area (Å²) in [4.78, 5) is 0. The highest BCUT2D eigenvalue weighted by Gasteiger charge is 2.21. The van der Waals surface area contributed by atoms with Gasteiger partial charge in [-0.25, -0.2) is 0 Å². The predicted molar refractivity (Wildman–Crippen MR) is 105 cm³/mol. The molecule has 0 heterocycles. The molecule has 0 saturated carbocycles. The molecule has 0 bridgehead atoms. The Morgan fingerprint density at radius 2 is 1.04 bits per heavy atom. The summed E-state index contributed by atoms with van der Waals surface area (Å²) in [5.41, 5.74) is 6.46. The predicted octanol–water partition coefficient (Wildman–Crippen LogP) is 7.00. The topological polar surface area (TPSA) is 9.23 Å². The van der Waals surface area contributed by atoms with Crippen LogP contribution in [0, 0.1) is 20.8 Å². The average molecular weight is 325 g/mol. The van der Waals surface area contributed by atoms with E-state index in [1.807, 2.05) is 0 Å². The molecule has 2 rings (SSSR count). The second-order valence-electron chi connectivity index (χ2n) is 9.08. The molecule has 0 aromatic heterocycles. The maximum absolute atomic E-state index is 6.37. The number of rotatable bonds is 2. The van der Waals surface area contributed by atoms with Gasteiger partial charge in [-0.1, -0.05) is 65.3 Å². The first kappa shape index (κ1) is 18.6. The van der Waals surface area contributed by atoms with Gasteiger partial charge in [0.15, 0.2) is 0 Å². The van der Waals surface area contributed by atoms with Crippen molar-refractivity contribution in [3.05, 3.63) is 58.1 Å². The molecule has 0 radical (unpaired) electrons. The quantitative estimate of drug-likeness (QED) is 0.578.